The largest absolute Gasteiger partial charge is 0.389 e. The first-order valence-electron chi connectivity index (χ1n) is 7.14. The molecule has 1 unspecified atom stereocenters. The summed E-state index contributed by atoms with van der Waals surface area (Å²) in [7, 11) is 0. The van der Waals surface area contributed by atoms with Crippen molar-refractivity contribution in [2.75, 3.05) is 18.5 Å². The smallest absolute Gasteiger partial charge is 0.0945 e. The van der Waals surface area contributed by atoms with Crippen LogP contribution in [0, 0.1) is 0 Å². The van der Waals surface area contributed by atoms with Crippen molar-refractivity contribution in [3.05, 3.63) is 27.7 Å². The van der Waals surface area contributed by atoms with Gasteiger partial charge in [-0.05, 0) is 31.0 Å². The van der Waals surface area contributed by atoms with Crippen LogP contribution in [0.5, 0.6) is 0 Å². The number of rotatable bonds is 6. The van der Waals surface area contributed by atoms with Crippen molar-refractivity contribution in [3.8, 4) is 0 Å². The van der Waals surface area contributed by atoms with Crippen LogP contribution in [-0.4, -0.2) is 30.5 Å². The van der Waals surface area contributed by atoms with Gasteiger partial charge >= 0.3 is 0 Å². The summed E-state index contributed by atoms with van der Waals surface area (Å²) in [5.41, 5.74) is 0.817. The second-order valence-electron chi connectivity index (χ2n) is 5.25. The maximum atomic E-state index is 9.96. The summed E-state index contributed by atoms with van der Waals surface area (Å²) in [5.74, 6) is 0. The molecule has 1 saturated carbocycles. The predicted octanol–water partition coefficient (Wildman–Crippen LogP) is 4.22. The number of ether oxygens (including phenoxy) is 1. The molecule has 1 fully saturated rings. The molecular formula is C15H21BrClNO2. The van der Waals surface area contributed by atoms with Crippen molar-refractivity contribution in [2.45, 2.75) is 44.3 Å². The van der Waals surface area contributed by atoms with E-state index in [4.69, 9.17) is 16.3 Å². The van der Waals surface area contributed by atoms with E-state index in [9.17, 15) is 5.11 Å². The monoisotopic (exact) mass is 361 g/mol. The van der Waals surface area contributed by atoms with Gasteiger partial charge in [-0.1, -0.05) is 46.8 Å². The first-order valence-corrected chi connectivity index (χ1v) is 8.31. The Labute approximate surface area is 133 Å². The summed E-state index contributed by atoms with van der Waals surface area (Å²) in [6.45, 7) is 0.812. The molecule has 0 radical (unpaired) electrons. The van der Waals surface area contributed by atoms with Crippen molar-refractivity contribution >= 4 is 33.2 Å². The molecule has 0 heterocycles. The highest BCUT2D eigenvalue weighted by atomic mass is 79.9. The second-order valence-corrected chi connectivity index (χ2v) is 6.58. The Morgan fingerprint density at radius 3 is 2.85 bits per heavy atom. The molecule has 0 bridgehead atoms. The zero-order valence-electron chi connectivity index (χ0n) is 11.4. The number of benzene rings is 1. The van der Waals surface area contributed by atoms with E-state index in [0.717, 1.165) is 23.0 Å². The minimum absolute atomic E-state index is 0.327. The highest BCUT2D eigenvalue weighted by Crippen LogP contribution is 2.25. The van der Waals surface area contributed by atoms with Crippen LogP contribution in [0.15, 0.2) is 22.7 Å². The molecule has 0 saturated heterocycles. The number of halogens is 2. The van der Waals surface area contributed by atoms with E-state index in [0.29, 0.717) is 24.3 Å². The van der Waals surface area contributed by atoms with Gasteiger partial charge in [0, 0.05) is 11.0 Å². The molecule has 20 heavy (non-hydrogen) atoms. The Kier molecular flexibility index (Phi) is 6.62. The summed E-state index contributed by atoms with van der Waals surface area (Å²) >= 11 is 9.48. The third kappa shape index (κ3) is 5.24. The summed E-state index contributed by atoms with van der Waals surface area (Å²) in [5, 5.41) is 13.8. The lowest BCUT2D eigenvalue weighted by atomic mass is 9.98. The second kappa shape index (κ2) is 8.23. The number of aliphatic hydroxyl groups excluding tert-OH is 1. The van der Waals surface area contributed by atoms with Crippen LogP contribution in [-0.2, 0) is 4.74 Å². The van der Waals surface area contributed by atoms with Gasteiger partial charge in [0.2, 0.25) is 0 Å². The lowest BCUT2D eigenvalue weighted by molar-refractivity contribution is -0.0195. The van der Waals surface area contributed by atoms with Gasteiger partial charge < -0.3 is 15.2 Å². The maximum absolute atomic E-state index is 9.96. The molecule has 0 amide bonds. The molecule has 3 nitrogen and oxygen atoms in total. The van der Waals surface area contributed by atoms with Crippen molar-refractivity contribution in [1.82, 2.24) is 0 Å². The van der Waals surface area contributed by atoms with Gasteiger partial charge in [-0.25, -0.2) is 0 Å². The van der Waals surface area contributed by atoms with E-state index in [-0.39, 0.29) is 0 Å². The Balaban J connectivity index is 1.71. The van der Waals surface area contributed by atoms with Crippen LogP contribution in [0.4, 0.5) is 5.69 Å². The molecule has 2 N–H and O–H groups in total. The number of anilines is 1. The number of hydrogen-bond acceptors (Lipinski definition) is 3. The van der Waals surface area contributed by atoms with Crippen molar-refractivity contribution in [2.24, 2.45) is 0 Å². The van der Waals surface area contributed by atoms with Crippen molar-refractivity contribution in [3.63, 3.8) is 0 Å². The highest BCUT2D eigenvalue weighted by molar-refractivity contribution is 9.10. The first-order chi connectivity index (χ1) is 9.65. The minimum atomic E-state index is -0.521. The SMILES string of the molecule is OC(CNc1cc(Br)ccc1Cl)COC1CCCCC1. The van der Waals surface area contributed by atoms with Crippen molar-refractivity contribution in [1.29, 1.82) is 0 Å². The van der Waals surface area contributed by atoms with Crippen molar-refractivity contribution < 1.29 is 9.84 Å². The number of hydrogen-bond donors (Lipinski definition) is 2. The average molecular weight is 363 g/mol. The zero-order valence-corrected chi connectivity index (χ0v) is 13.8. The fourth-order valence-corrected chi connectivity index (χ4v) is 2.94. The number of aliphatic hydroxyl groups is 1. The topological polar surface area (TPSA) is 41.5 Å². The van der Waals surface area contributed by atoms with E-state index in [2.05, 4.69) is 21.2 Å². The molecule has 1 aromatic rings. The van der Waals surface area contributed by atoms with Gasteiger partial charge in [0.15, 0.2) is 0 Å². The lowest BCUT2D eigenvalue weighted by Gasteiger charge is -2.23. The third-order valence-corrected chi connectivity index (χ3v) is 4.36. The Hall–Kier alpha value is -0.290. The fourth-order valence-electron chi connectivity index (χ4n) is 2.40. The summed E-state index contributed by atoms with van der Waals surface area (Å²) in [4.78, 5) is 0. The lowest BCUT2D eigenvalue weighted by Crippen LogP contribution is -2.28. The van der Waals surface area contributed by atoms with E-state index in [1.54, 1.807) is 0 Å². The Bertz CT molecular complexity index is 424. The molecule has 5 heteroatoms. The Morgan fingerprint density at radius 2 is 2.10 bits per heavy atom. The molecule has 0 aliphatic heterocycles. The number of nitrogens with one attached hydrogen (secondary N) is 1. The molecule has 0 aromatic heterocycles. The summed E-state index contributed by atoms with van der Waals surface area (Å²) in [6.07, 6.45) is 5.85. The van der Waals surface area contributed by atoms with Gasteiger partial charge in [-0.2, -0.15) is 0 Å². The van der Waals surface area contributed by atoms with Gasteiger partial charge in [0.1, 0.15) is 0 Å². The average Bonchev–Trinajstić information content (AvgIpc) is 2.47. The predicted molar refractivity (Wildman–Crippen MR) is 86.5 cm³/mol. The maximum Gasteiger partial charge on any atom is 0.0945 e. The van der Waals surface area contributed by atoms with E-state index < -0.39 is 6.10 Å². The van der Waals surface area contributed by atoms with Crippen LogP contribution in [0.1, 0.15) is 32.1 Å². The molecule has 112 valence electrons. The molecule has 0 spiro atoms. The zero-order chi connectivity index (χ0) is 14.4. The van der Waals surface area contributed by atoms with Crippen LogP contribution >= 0.6 is 27.5 Å². The van der Waals surface area contributed by atoms with E-state index >= 15 is 0 Å². The van der Waals surface area contributed by atoms with Crippen LogP contribution in [0.25, 0.3) is 0 Å². The van der Waals surface area contributed by atoms with Crippen LogP contribution in [0.2, 0.25) is 5.02 Å². The van der Waals surface area contributed by atoms with Gasteiger partial charge in [-0.3, -0.25) is 0 Å². The van der Waals surface area contributed by atoms with Crippen LogP contribution < -0.4 is 5.32 Å². The molecule has 1 aliphatic rings. The van der Waals surface area contributed by atoms with Gasteiger partial charge in [0.25, 0.3) is 0 Å². The summed E-state index contributed by atoms with van der Waals surface area (Å²) < 4.78 is 6.71. The van der Waals surface area contributed by atoms with Gasteiger partial charge in [0.05, 0.1) is 29.5 Å². The summed E-state index contributed by atoms with van der Waals surface area (Å²) in [6, 6.07) is 5.60. The minimum Gasteiger partial charge on any atom is -0.389 e. The standard InChI is InChI=1S/C15H21BrClNO2/c16-11-6-7-14(17)15(8-11)18-9-12(19)10-20-13-4-2-1-3-5-13/h6-8,12-13,18-19H,1-5,9-10H2. The van der Waals surface area contributed by atoms with E-state index in [1.807, 2.05) is 18.2 Å². The van der Waals surface area contributed by atoms with E-state index in [1.165, 1.54) is 19.3 Å². The molecule has 1 aliphatic carbocycles. The quantitative estimate of drug-likeness (QED) is 0.796. The molecule has 1 atom stereocenters. The van der Waals surface area contributed by atoms with Crippen LogP contribution in [0.3, 0.4) is 0 Å². The molecule has 2 rings (SSSR count). The highest BCUT2D eigenvalue weighted by Gasteiger charge is 2.15. The normalized spacial score (nSPS) is 17.9. The Morgan fingerprint density at radius 1 is 1.35 bits per heavy atom. The molecular weight excluding hydrogens is 342 g/mol. The fraction of sp³-hybridized carbons (Fsp3) is 0.600. The first kappa shape index (κ1) is 16.1. The van der Waals surface area contributed by atoms with Gasteiger partial charge in [-0.15, -0.1) is 0 Å². The third-order valence-electron chi connectivity index (χ3n) is 3.53. The molecule has 1 aromatic carbocycles.